The first-order valence-corrected chi connectivity index (χ1v) is 4.42. The van der Waals surface area contributed by atoms with Crippen molar-refractivity contribution in [3.63, 3.8) is 0 Å². The van der Waals surface area contributed by atoms with Crippen LogP contribution in [0.15, 0.2) is 4.42 Å². The SMILES string of the molecule is Cc1nnc(NC(=O)CC(C)CN)o1. The zero-order valence-corrected chi connectivity index (χ0v) is 8.28. The van der Waals surface area contributed by atoms with Crippen molar-refractivity contribution in [3.8, 4) is 0 Å². The van der Waals surface area contributed by atoms with Gasteiger partial charge in [-0.25, -0.2) is 0 Å². The smallest absolute Gasteiger partial charge is 0.322 e. The van der Waals surface area contributed by atoms with Gasteiger partial charge in [-0.3, -0.25) is 10.1 Å². The summed E-state index contributed by atoms with van der Waals surface area (Å²) in [5.41, 5.74) is 5.39. The topological polar surface area (TPSA) is 94.0 Å². The Kier molecular flexibility index (Phi) is 3.58. The van der Waals surface area contributed by atoms with Gasteiger partial charge in [0.15, 0.2) is 0 Å². The zero-order chi connectivity index (χ0) is 10.6. The molecule has 1 aromatic heterocycles. The fourth-order valence-corrected chi connectivity index (χ4v) is 0.917. The van der Waals surface area contributed by atoms with Crippen LogP contribution in [0.4, 0.5) is 6.01 Å². The van der Waals surface area contributed by atoms with E-state index in [1.54, 1.807) is 6.92 Å². The largest absolute Gasteiger partial charge is 0.408 e. The Bertz CT molecular complexity index is 310. The molecule has 1 rings (SSSR count). The van der Waals surface area contributed by atoms with Crippen LogP contribution in [0.5, 0.6) is 0 Å². The molecule has 1 aromatic rings. The van der Waals surface area contributed by atoms with Gasteiger partial charge in [-0.2, -0.15) is 0 Å². The quantitative estimate of drug-likeness (QED) is 0.725. The van der Waals surface area contributed by atoms with Crippen LogP contribution in [0, 0.1) is 12.8 Å². The van der Waals surface area contributed by atoms with Crippen molar-refractivity contribution in [2.24, 2.45) is 11.7 Å². The molecule has 0 aliphatic carbocycles. The highest BCUT2D eigenvalue weighted by Crippen LogP contribution is 2.06. The number of anilines is 1. The van der Waals surface area contributed by atoms with Crippen molar-refractivity contribution in [2.45, 2.75) is 20.3 Å². The Balaban J connectivity index is 2.41. The van der Waals surface area contributed by atoms with E-state index in [4.69, 9.17) is 10.2 Å². The van der Waals surface area contributed by atoms with E-state index in [9.17, 15) is 4.79 Å². The third-order valence-corrected chi connectivity index (χ3v) is 1.71. The molecule has 3 N–H and O–H groups in total. The maximum Gasteiger partial charge on any atom is 0.322 e. The molecule has 0 saturated heterocycles. The van der Waals surface area contributed by atoms with Gasteiger partial charge in [0.1, 0.15) is 0 Å². The molecule has 0 bridgehead atoms. The van der Waals surface area contributed by atoms with Gasteiger partial charge < -0.3 is 10.2 Å². The average molecular weight is 198 g/mol. The number of nitrogens with two attached hydrogens (primary N) is 1. The molecular formula is C8H14N4O2. The van der Waals surface area contributed by atoms with Gasteiger partial charge >= 0.3 is 6.01 Å². The summed E-state index contributed by atoms with van der Waals surface area (Å²) < 4.78 is 4.98. The van der Waals surface area contributed by atoms with Crippen molar-refractivity contribution >= 4 is 11.9 Å². The molecule has 0 aliphatic heterocycles. The van der Waals surface area contributed by atoms with Crippen molar-refractivity contribution in [1.82, 2.24) is 10.2 Å². The van der Waals surface area contributed by atoms with E-state index in [0.29, 0.717) is 18.9 Å². The van der Waals surface area contributed by atoms with Gasteiger partial charge in [0.05, 0.1) is 0 Å². The predicted octanol–water partition coefficient (Wildman–Crippen LogP) is 0.301. The summed E-state index contributed by atoms with van der Waals surface area (Å²) in [4.78, 5) is 11.3. The average Bonchev–Trinajstić information content (AvgIpc) is 2.50. The summed E-state index contributed by atoms with van der Waals surface area (Å²) >= 11 is 0. The van der Waals surface area contributed by atoms with Crippen LogP contribution in [-0.4, -0.2) is 22.6 Å². The summed E-state index contributed by atoms with van der Waals surface area (Å²) in [7, 11) is 0. The lowest BCUT2D eigenvalue weighted by molar-refractivity contribution is -0.117. The summed E-state index contributed by atoms with van der Waals surface area (Å²) in [6.45, 7) is 4.04. The Morgan fingerprint density at radius 2 is 2.36 bits per heavy atom. The summed E-state index contributed by atoms with van der Waals surface area (Å²) in [6, 6.07) is 0.136. The number of carbonyl (C=O) groups is 1. The lowest BCUT2D eigenvalue weighted by Crippen LogP contribution is -2.20. The number of aryl methyl sites for hydroxylation is 1. The molecule has 0 aliphatic rings. The molecule has 78 valence electrons. The standard InChI is InChI=1S/C8H14N4O2/c1-5(4-9)3-7(13)10-8-12-11-6(2)14-8/h5H,3-4,9H2,1-2H3,(H,10,12,13). The van der Waals surface area contributed by atoms with Crippen molar-refractivity contribution in [1.29, 1.82) is 0 Å². The third kappa shape index (κ3) is 3.14. The Labute approximate surface area is 81.9 Å². The lowest BCUT2D eigenvalue weighted by Gasteiger charge is -2.05. The number of amides is 1. The zero-order valence-electron chi connectivity index (χ0n) is 8.28. The van der Waals surface area contributed by atoms with Crippen LogP contribution < -0.4 is 11.1 Å². The molecule has 1 atom stereocenters. The fraction of sp³-hybridized carbons (Fsp3) is 0.625. The number of hydrogen-bond donors (Lipinski definition) is 2. The van der Waals surface area contributed by atoms with Gasteiger partial charge in [-0.15, -0.1) is 5.10 Å². The molecule has 0 aromatic carbocycles. The van der Waals surface area contributed by atoms with E-state index in [0.717, 1.165) is 0 Å². The highest BCUT2D eigenvalue weighted by atomic mass is 16.4. The van der Waals surface area contributed by atoms with Gasteiger partial charge in [-0.05, 0) is 12.5 Å². The van der Waals surface area contributed by atoms with Gasteiger partial charge in [-0.1, -0.05) is 12.0 Å². The molecule has 1 amide bonds. The van der Waals surface area contributed by atoms with Crippen LogP contribution in [0.2, 0.25) is 0 Å². The molecule has 0 spiro atoms. The minimum absolute atomic E-state index is 0.136. The number of aromatic nitrogens is 2. The first kappa shape index (κ1) is 10.6. The second kappa shape index (κ2) is 4.71. The Morgan fingerprint density at radius 1 is 1.64 bits per heavy atom. The van der Waals surface area contributed by atoms with Gasteiger partial charge in [0, 0.05) is 13.3 Å². The van der Waals surface area contributed by atoms with Crippen LogP contribution >= 0.6 is 0 Å². The highest BCUT2D eigenvalue weighted by molar-refractivity contribution is 5.88. The molecule has 1 unspecified atom stereocenters. The first-order chi connectivity index (χ1) is 6.61. The van der Waals surface area contributed by atoms with E-state index in [-0.39, 0.29) is 17.8 Å². The van der Waals surface area contributed by atoms with Crippen molar-refractivity contribution in [2.75, 3.05) is 11.9 Å². The van der Waals surface area contributed by atoms with Crippen LogP contribution in [0.3, 0.4) is 0 Å². The molecule has 0 fully saturated rings. The van der Waals surface area contributed by atoms with Crippen molar-refractivity contribution < 1.29 is 9.21 Å². The first-order valence-electron chi connectivity index (χ1n) is 4.42. The Morgan fingerprint density at radius 3 is 2.86 bits per heavy atom. The number of nitrogens with one attached hydrogen (secondary N) is 1. The fourth-order valence-electron chi connectivity index (χ4n) is 0.917. The monoisotopic (exact) mass is 198 g/mol. The molecule has 6 heteroatoms. The van der Waals surface area contributed by atoms with E-state index in [2.05, 4.69) is 15.5 Å². The normalized spacial score (nSPS) is 12.5. The molecule has 1 heterocycles. The molecule has 0 radical (unpaired) electrons. The number of nitrogens with zero attached hydrogens (tertiary/aromatic N) is 2. The highest BCUT2D eigenvalue weighted by Gasteiger charge is 2.10. The third-order valence-electron chi connectivity index (χ3n) is 1.71. The summed E-state index contributed by atoms with van der Waals surface area (Å²) in [6.07, 6.45) is 0.359. The minimum atomic E-state index is -0.161. The van der Waals surface area contributed by atoms with Gasteiger partial charge in [0.2, 0.25) is 11.8 Å². The molecular weight excluding hydrogens is 184 g/mol. The molecule has 14 heavy (non-hydrogen) atoms. The molecule has 6 nitrogen and oxygen atoms in total. The molecule has 0 saturated carbocycles. The second-order valence-corrected chi connectivity index (χ2v) is 3.22. The number of hydrogen-bond acceptors (Lipinski definition) is 5. The van der Waals surface area contributed by atoms with Crippen molar-refractivity contribution in [3.05, 3.63) is 5.89 Å². The van der Waals surface area contributed by atoms with Crippen LogP contribution in [0.25, 0.3) is 0 Å². The minimum Gasteiger partial charge on any atom is -0.408 e. The number of rotatable bonds is 4. The van der Waals surface area contributed by atoms with E-state index >= 15 is 0 Å². The van der Waals surface area contributed by atoms with Gasteiger partial charge in [0.25, 0.3) is 0 Å². The second-order valence-electron chi connectivity index (χ2n) is 3.22. The van der Waals surface area contributed by atoms with Crippen LogP contribution in [0.1, 0.15) is 19.2 Å². The van der Waals surface area contributed by atoms with E-state index in [1.165, 1.54) is 0 Å². The van der Waals surface area contributed by atoms with E-state index in [1.807, 2.05) is 6.92 Å². The summed E-state index contributed by atoms with van der Waals surface area (Å²) in [5.74, 6) is 0.415. The number of carbonyl (C=O) groups excluding carboxylic acids is 1. The van der Waals surface area contributed by atoms with Crippen LogP contribution in [-0.2, 0) is 4.79 Å². The van der Waals surface area contributed by atoms with E-state index < -0.39 is 0 Å². The Hall–Kier alpha value is -1.43. The lowest BCUT2D eigenvalue weighted by atomic mass is 10.1. The maximum atomic E-state index is 11.3. The maximum absolute atomic E-state index is 11.3. The predicted molar refractivity (Wildman–Crippen MR) is 50.5 cm³/mol. The summed E-state index contributed by atoms with van der Waals surface area (Å²) in [5, 5.41) is 9.72.